The van der Waals surface area contributed by atoms with E-state index in [1.54, 1.807) is 19.9 Å². The number of carbonyl (C=O) groups excluding carboxylic acids is 1. The molecule has 0 aliphatic carbocycles. The molecule has 3 rings (SSSR count). The van der Waals surface area contributed by atoms with Crippen molar-refractivity contribution in [3.05, 3.63) is 63.2 Å². The summed E-state index contributed by atoms with van der Waals surface area (Å²) in [6.07, 6.45) is 2.64. The van der Waals surface area contributed by atoms with Crippen LogP contribution in [0.5, 0.6) is 5.75 Å². The molecule has 1 saturated heterocycles. The molecular formula is C20H22N2O6S. The fourth-order valence-corrected chi connectivity index (χ4v) is 5.08. The molecule has 1 fully saturated rings. The fourth-order valence-electron chi connectivity index (χ4n) is 3.31. The molecule has 2 aromatic rings. The Morgan fingerprint density at radius 3 is 2.34 bits per heavy atom. The molecule has 0 radical (unpaired) electrons. The van der Waals surface area contributed by atoms with Crippen LogP contribution in [0.15, 0.2) is 41.3 Å². The van der Waals surface area contributed by atoms with Crippen LogP contribution >= 0.6 is 0 Å². The maximum absolute atomic E-state index is 13.0. The summed E-state index contributed by atoms with van der Waals surface area (Å²) < 4.78 is 32.7. The summed E-state index contributed by atoms with van der Waals surface area (Å²) in [5, 5.41) is 10.9. The standard InChI is InChI=1S/C20H22N2O6S/c1-14-6-7-16(13-19(14)29(26,27)21-10-4-3-5-11-21)20(23)28-17-8-9-18(22(24)25)15(2)12-17/h6-9,12-13H,3-5,10-11H2,1-2H3. The summed E-state index contributed by atoms with van der Waals surface area (Å²) >= 11 is 0. The van der Waals surface area contributed by atoms with Crippen LogP contribution in [-0.2, 0) is 10.0 Å². The second kappa shape index (κ2) is 8.30. The van der Waals surface area contributed by atoms with Crippen LogP contribution < -0.4 is 4.74 Å². The number of esters is 1. The molecule has 8 nitrogen and oxygen atoms in total. The molecule has 0 unspecified atom stereocenters. The predicted molar refractivity (Wildman–Crippen MR) is 107 cm³/mol. The Kier molecular flexibility index (Phi) is 5.99. The first-order valence-electron chi connectivity index (χ1n) is 9.28. The molecule has 0 amide bonds. The molecule has 0 bridgehead atoms. The first-order chi connectivity index (χ1) is 13.7. The van der Waals surface area contributed by atoms with E-state index in [0.29, 0.717) is 24.2 Å². The van der Waals surface area contributed by atoms with E-state index in [9.17, 15) is 23.3 Å². The lowest BCUT2D eigenvalue weighted by Gasteiger charge is -2.26. The van der Waals surface area contributed by atoms with E-state index in [-0.39, 0.29) is 21.9 Å². The Bertz CT molecular complexity index is 1060. The summed E-state index contributed by atoms with van der Waals surface area (Å²) in [5.74, 6) is -0.576. The lowest BCUT2D eigenvalue weighted by atomic mass is 10.1. The van der Waals surface area contributed by atoms with Crippen molar-refractivity contribution in [3.63, 3.8) is 0 Å². The van der Waals surface area contributed by atoms with Gasteiger partial charge in [0, 0.05) is 24.7 Å². The van der Waals surface area contributed by atoms with E-state index in [0.717, 1.165) is 19.3 Å². The van der Waals surface area contributed by atoms with Gasteiger partial charge in [-0.15, -0.1) is 0 Å². The van der Waals surface area contributed by atoms with Crippen molar-refractivity contribution in [3.8, 4) is 5.75 Å². The predicted octanol–water partition coefficient (Wildman–Crippen LogP) is 3.61. The Balaban J connectivity index is 1.86. The van der Waals surface area contributed by atoms with Crippen LogP contribution in [0.25, 0.3) is 0 Å². The minimum atomic E-state index is -3.69. The Morgan fingerprint density at radius 1 is 1.03 bits per heavy atom. The summed E-state index contributed by atoms with van der Waals surface area (Å²) in [6, 6.07) is 8.41. The van der Waals surface area contributed by atoms with E-state index in [4.69, 9.17) is 4.74 Å². The molecular weight excluding hydrogens is 396 g/mol. The summed E-state index contributed by atoms with van der Waals surface area (Å²) in [6.45, 7) is 4.17. The molecule has 1 aliphatic heterocycles. The van der Waals surface area contributed by atoms with Crippen molar-refractivity contribution in [2.75, 3.05) is 13.1 Å². The number of sulfonamides is 1. The number of nitrogens with zero attached hydrogens (tertiary/aromatic N) is 2. The lowest BCUT2D eigenvalue weighted by molar-refractivity contribution is -0.385. The lowest BCUT2D eigenvalue weighted by Crippen LogP contribution is -2.36. The molecule has 29 heavy (non-hydrogen) atoms. The van der Waals surface area contributed by atoms with Crippen LogP contribution in [0.4, 0.5) is 5.69 Å². The van der Waals surface area contributed by atoms with Gasteiger partial charge in [0.1, 0.15) is 5.75 Å². The third-order valence-electron chi connectivity index (χ3n) is 4.93. The monoisotopic (exact) mass is 418 g/mol. The second-order valence-electron chi connectivity index (χ2n) is 7.04. The highest BCUT2D eigenvalue weighted by Crippen LogP contribution is 2.26. The van der Waals surface area contributed by atoms with Crippen molar-refractivity contribution in [1.82, 2.24) is 4.31 Å². The van der Waals surface area contributed by atoms with Gasteiger partial charge in [0.05, 0.1) is 15.4 Å². The molecule has 0 saturated carbocycles. The average Bonchev–Trinajstić information content (AvgIpc) is 2.68. The van der Waals surface area contributed by atoms with Crippen LogP contribution in [0.1, 0.15) is 40.7 Å². The van der Waals surface area contributed by atoms with Gasteiger partial charge in [-0.3, -0.25) is 10.1 Å². The number of hydrogen-bond acceptors (Lipinski definition) is 6. The minimum absolute atomic E-state index is 0.0740. The van der Waals surface area contributed by atoms with E-state index in [1.165, 1.54) is 34.6 Å². The molecule has 1 aliphatic rings. The summed E-state index contributed by atoms with van der Waals surface area (Å²) in [4.78, 5) is 23.0. The first-order valence-corrected chi connectivity index (χ1v) is 10.7. The molecule has 0 aromatic heterocycles. The zero-order valence-corrected chi connectivity index (χ0v) is 17.1. The third-order valence-corrected chi connectivity index (χ3v) is 6.97. The highest BCUT2D eigenvalue weighted by atomic mass is 32.2. The zero-order chi connectivity index (χ0) is 21.2. The minimum Gasteiger partial charge on any atom is -0.423 e. The number of nitro benzene ring substituents is 1. The number of rotatable bonds is 5. The number of piperidine rings is 1. The van der Waals surface area contributed by atoms with Crippen molar-refractivity contribution < 1.29 is 22.9 Å². The van der Waals surface area contributed by atoms with E-state index < -0.39 is 20.9 Å². The molecule has 2 aromatic carbocycles. The van der Waals surface area contributed by atoms with Crippen molar-refractivity contribution >= 4 is 21.7 Å². The van der Waals surface area contributed by atoms with Crippen LogP contribution in [0.2, 0.25) is 0 Å². The van der Waals surface area contributed by atoms with Gasteiger partial charge in [-0.2, -0.15) is 4.31 Å². The van der Waals surface area contributed by atoms with Gasteiger partial charge in [0.15, 0.2) is 0 Å². The highest BCUT2D eigenvalue weighted by Gasteiger charge is 2.28. The molecule has 154 valence electrons. The van der Waals surface area contributed by atoms with Crippen LogP contribution in [0.3, 0.4) is 0 Å². The maximum Gasteiger partial charge on any atom is 0.343 e. The second-order valence-corrected chi connectivity index (χ2v) is 8.95. The smallest absolute Gasteiger partial charge is 0.343 e. The normalized spacial score (nSPS) is 15.1. The van der Waals surface area contributed by atoms with Crippen LogP contribution in [0, 0.1) is 24.0 Å². The molecule has 0 N–H and O–H groups in total. The number of carbonyl (C=O) groups is 1. The van der Waals surface area contributed by atoms with Gasteiger partial charge in [-0.1, -0.05) is 12.5 Å². The Labute approximate surface area is 169 Å². The van der Waals surface area contributed by atoms with Crippen molar-refractivity contribution in [2.45, 2.75) is 38.0 Å². The largest absolute Gasteiger partial charge is 0.423 e. The maximum atomic E-state index is 13.0. The van der Waals surface area contributed by atoms with Gasteiger partial charge < -0.3 is 4.74 Å². The number of benzene rings is 2. The van der Waals surface area contributed by atoms with Crippen molar-refractivity contribution in [1.29, 1.82) is 0 Å². The number of aryl methyl sites for hydroxylation is 2. The first kappa shape index (κ1) is 20.9. The molecule has 1 heterocycles. The number of ether oxygens (including phenoxy) is 1. The molecule has 9 heteroatoms. The quantitative estimate of drug-likeness (QED) is 0.318. The third kappa shape index (κ3) is 4.46. The fraction of sp³-hybridized carbons (Fsp3) is 0.350. The zero-order valence-electron chi connectivity index (χ0n) is 16.3. The van der Waals surface area contributed by atoms with Crippen LogP contribution in [-0.4, -0.2) is 36.7 Å². The summed E-state index contributed by atoms with van der Waals surface area (Å²) in [5.41, 5.74) is 0.938. The SMILES string of the molecule is Cc1cc(OC(=O)c2ccc(C)c(S(=O)(=O)N3CCCCC3)c2)ccc1[N+](=O)[O-]. The average molecular weight is 418 g/mol. The number of nitro groups is 1. The van der Waals surface area contributed by atoms with Gasteiger partial charge in [-0.25, -0.2) is 13.2 Å². The van der Waals surface area contributed by atoms with Gasteiger partial charge in [0.25, 0.3) is 5.69 Å². The highest BCUT2D eigenvalue weighted by molar-refractivity contribution is 7.89. The number of hydrogen-bond donors (Lipinski definition) is 0. The van der Waals surface area contributed by atoms with Gasteiger partial charge >= 0.3 is 5.97 Å². The van der Waals surface area contributed by atoms with Crippen molar-refractivity contribution in [2.24, 2.45) is 0 Å². The van der Waals surface area contributed by atoms with Gasteiger partial charge in [0.2, 0.25) is 10.0 Å². The Morgan fingerprint density at radius 2 is 1.72 bits per heavy atom. The van der Waals surface area contributed by atoms with E-state index >= 15 is 0 Å². The molecule has 0 spiro atoms. The van der Waals surface area contributed by atoms with Gasteiger partial charge in [-0.05, 0) is 56.5 Å². The topological polar surface area (TPSA) is 107 Å². The van der Waals surface area contributed by atoms with E-state index in [2.05, 4.69) is 0 Å². The summed E-state index contributed by atoms with van der Waals surface area (Å²) in [7, 11) is -3.69. The molecule has 0 atom stereocenters. The van der Waals surface area contributed by atoms with E-state index in [1.807, 2.05) is 0 Å². The Hall–Kier alpha value is -2.78.